The first-order valence-corrected chi connectivity index (χ1v) is 12.2. The highest BCUT2D eigenvalue weighted by Crippen LogP contribution is 2.45. The Morgan fingerprint density at radius 3 is 2.69 bits per heavy atom. The zero-order chi connectivity index (χ0) is 24.2. The second kappa shape index (κ2) is 8.23. The lowest BCUT2D eigenvalue weighted by molar-refractivity contribution is 0.227. The topological polar surface area (TPSA) is 115 Å². The van der Waals surface area contributed by atoms with E-state index in [1.807, 2.05) is 12.3 Å². The number of ether oxygens (including phenoxy) is 1. The number of H-pyrrole nitrogens is 1. The molecular weight excluding hydrogens is 457 g/mol. The van der Waals surface area contributed by atoms with Crippen LogP contribution in [0.2, 0.25) is 0 Å². The molecule has 8 nitrogen and oxygen atoms in total. The molecular formula is C27H24FN7O. The number of rotatable bonds is 5. The molecule has 1 aliphatic heterocycles. The smallest absolute Gasteiger partial charge is 0.163 e. The van der Waals surface area contributed by atoms with Crippen molar-refractivity contribution in [2.24, 2.45) is 0 Å². The van der Waals surface area contributed by atoms with Crippen LogP contribution >= 0.6 is 0 Å². The van der Waals surface area contributed by atoms with E-state index >= 15 is 0 Å². The van der Waals surface area contributed by atoms with E-state index in [0.29, 0.717) is 63.2 Å². The van der Waals surface area contributed by atoms with E-state index in [9.17, 15) is 4.39 Å². The number of anilines is 1. The summed E-state index contributed by atoms with van der Waals surface area (Å²) in [6, 6.07) is 8.49. The SMILES string of the molecule is Nc1nc(-c2ccnc3[nH]c(-c4ccccc4F)c(OC4CCNC4)c23)nc2cncc(C3CC3)c12. The average Bonchev–Trinajstić information content (AvgIpc) is 3.49. The number of aromatic nitrogens is 5. The summed E-state index contributed by atoms with van der Waals surface area (Å²) < 4.78 is 21.4. The minimum absolute atomic E-state index is 0.0459. The van der Waals surface area contributed by atoms with Crippen LogP contribution in [0.5, 0.6) is 5.75 Å². The number of halogens is 1. The third-order valence-corrected chi connectivity index (χ3v) is 7.01. The Kier molecular flexibility index (Phi) is 4.85. The molecule has 1 aromatic carbocycles. The molecule has 7 rings (SSSR count). The van der Waals surface area contributed by atoms with Crippen LogP contribution in [0.1, 0.15) is 30.7 Å². The van der Waals surface area contributed by atoms with Gasteiger partial charge in [0.05, 0.1) is 22.8 Å². The number of hydrogen-bond donors (Lipinski definition) is 3. The van der Waals surface area contributed by atoms with Crippen molar-refractivity contribution < 1.29 is 9.13 Å². The average molecular weight is 482 g/mol. The third kappa shape index (κ3) is 3.46. The van der Waals surface area contributed by atoms with Crippen molar-refractivity contribution in [3.63, 3.8) is 0 Å². The Morgan fingerprint density at radius 1 is 1.00 bits per heavy atom. The van der Waals surface area contributed by atoms with Crippen molar-refractivity contribution in [1.82, 2.24) is 30.2 Å². The van der Waals surface area contributed by atoms with Gasteiger partial charge in [0.15, 0.2) is 11.6 Å². The van der Waals surface area contributed by atoms with Crippen LogP contribution in [0.25, 0.3) is 44.6 Å². The fraction of sp³-hybridized carbons (Fsp3) is 0.259. The fourth-order valence-electron chi connectivity index (χ4n) is 5.10. The van der Waals surface area contributed by atoms with E-state index in [2.05, 4.69) is 20.3 Å². The number of pyridine rings is 2. The Morgan fingerprint density at radius 2 is 1.89 bits per heavy atom. The first-order valence-electron chi connectivity index (χ1n) is 12.2. The van der Waals surface area contributed by atoms with Crippen molar-refractivity contribution in [3.8, 4) is 28.4 Å². The van der Waals surface area contributed by atoms with Gasteiger partial charge in [-0.3, -0.25) is 4.98 Å². The van der Waals surface area contributed by atoms with Crippen LogP contribution in [0.15, 0.2) is 48.9 Å². The highest BCUT2D eigenvalue weighted by molar-refractivity contribution is 6.02. The van der Waals surface area contributed by atoms with Crippen molar-refractivity contribution >= 4 is 27.8 Å². The molecule has 1 unspecified atom stereocenters. The van der Waals surface area contributed by atoms with Gasteiger partial charge in [-0.2, -0.15) is 0 Å². The maximum atomic E-state index is 14.9. The molecule has 2 aliphatic rings. The molecule has 2 fully saturated rings. The molecule has 1 atom stereocenters. The summed E-state index contributed by atoms with van der Waals surface area (Å²) in [6.07, 6.45) is 8.35. The molecule has 1 saturated carbocycles. The maximum absolute atomic E-state index is 14.9. The molecule has 4 aromatic heterocycles. The molecule has 36 heavy (non-hydrogen) atoms. The van der Waals surface area contributed by atoms with Gasteiger partial charge < -0.3 is 20.8 Å². The number of hydrogen-bond acceptors (Lipinski definition) is 7. The monoisotopic (exact) mass is 481 g/mol. The van der Waals surface area contributed by atoms with Gasteiger partial charge in [-0.05, 0) is 55.5 Å². The lowest BCUT2D eigenvalue weighted by Crippen LogP contribution is -2.19. The Labute approximate surface area is 206 Å². The summed E-state index contributed by atoms with van der Waals surface area (Å²) in [5, 5.41) is 4.90. The zero-order valence-corrected chi connectivity index (χ0v) is 19.5. The van der Waals surface area contributed by atoms with Gasteiger partial charge in [-0.15, -0.1) is 0 Å². The maximum Gasteiger partial charge on any atom is 0.163 e. The van der Waals surface area contributed by atoms with Crippen LogP contribution in [-0.2, 0) is 0 Å². The normalized spacial score (nSPS) is 17.8. The molecule has 5 heterocycles. The number of benzene rings is 1. The molecule has 0 radical (unpaired) electrons. The lowest BCUT2D eigenvalue weighted by Gasteiger charge is -2.15. The number of nitrogen functional groups attached to an aromatic ring is 1. The van der Waals surface area contributed by atoms with E-state index < -0.39 is 0 Å². The van der Waals surface area contributed by atoms with E-state index in [1.54, 1.807) is 30.6 Å². The number of fused-ring (bicyclic) bond motifs is 2. The molecule has 180 valence electrons. The van der Waals surface area contributed by atoms with E-state index in [1.165, 1.54) is 6.07 Å². The van der Waals surface area contributed by atoms with E-state index in [0.717, 1.165) is 36.8 Å². The van der Waals surface area contributed by atoms with Gasteiger partial charge in [-0.1, -0.05) is 12.1 Å². The van der Waals surface area contributed by atoms with Crippen LogP contribution in [0.3, 0.4) is 0 Å². The summed E-state index contributed by atoms with van der Waals surface area (Å²) in [5.74, 6) is 1.55. The van der Waals surface area contributed by atoms with E-state index in [-0.39, 0.29) is 11.9 Å². The molecule has 0 amide bonds. The molecule has 5 aromatic rings. The highest BCUT2D eigenvalue weighted by Gasteiger charge is 2.29. The fourth-order valence-corrected chi connectivity index (χ4v) is 5.10. The Bertz CT molecular complexity index is 1620. The minimum atomic E-state index is -0.343. The van der Waals surface area contributed by atoms with Crippen LogP contribution in [-0.4, -0.2) is 44.1 Å². The lowest BCUT2D eigenvalue weighted by atomic mass is 10.1. The quantitative estimate of drug-likeness (QED) is 0.337. The summed E-state index contributed by atoms with van der Waals surface area (Å²) >= 11 is 0. The summed E-state index contributed by atoms with van der Waals surface area (Å²) in [7, 11) is 0. The Balaban J connectivity index is 1.46. The Hall–Kier alpha value is -4.11. The molecule has 9 heteroatoms. The molecule has 0 bridgehead atoms. The highest BCUT2D eigenvalue weighted by atomic mass is 19.1. The van der Waals surface area contributed by atoms with Crippen LogP contribution < -0.4 is 15.8 Å². The van der Waals surface area contributed by atoms with Crippen molar-refractivity contribution in [2.75, 3.05) is 18.8 Å². The van der Waals surface area contributed by atoms with Gasteiger partial charge in [0.2, 0.25) is 0 Å². The summed E-state index contributed by atoms with van der Waals surface area (Å²) in [5.41, 5.74) is 10.6. The largest absolute Gasteiger partial charge is 0.486 e. The van der Waals surface area contributed by atoms with Crippen molar-refractivity contribution in [3.05, 3.63) is 60.3 Å². The molecule has 4 N–H and O–H groups in total. The van der Waals surface area contributed by atoms with Gasteiger partial charge >= 0.3 is 0 Å². The first-order chi connectivity index (χ1) is 17.7. The first kappa shape index (κ1) is 21.2. The van der Waals surface area contributed by atoms with Gasteiger partial charge in [0.25, 0.3) is 0 Å². The van der Waals surface area contributed by atoms with Gasteiger partial charge in [-0.25, -0.2) is 19.3 Å². The van der Waals surface area contributed by atoms with Crippen LogP contribution in [0.4, 0.5) is 10.2 Å². The van der Waals surface area contributed by atoms with Gasteiger partial charge in [0, 0.05) is 35.5 Å². The second-order valence-electron chi connectivity index (χ2n) is 9.45. The second-order valence-corrected chi connectivity index (χ2v) is 9.45. The predicted octanol–water partition coefficient (Wildman–Crippen LogP) is 4.57. The number of aromatic amines is 1. The third-order valence-electron chi connectivity index (χ3n) is 7.01. The standard InChI is InChI=1S/C27H24FN7O/c28-19-4-2-1-3-16(19)23-24(36-15-7-9-30-11-15)22-17(8-10-32-27(22)34-23)26-33-20-13-31-12-18(14-5-6-14)21(20)25(29)35-26/h1-4,8,10,12-15,30H,5-7,9,11H2,(H,32,34)(H2,29,33,35). The van der Waals surface area contributed by atoms with Gasteiger partial charge in [0.1, 0.15) is 23.4 Å². The van der Waals surface area contributed by atoms with Crippen LogP contribution in [0, 0.1) is 5.82 Å². The molecule has 0 spiro atoms. The zero-order valence-electron chi connectivity index (χ0n) is 19.5. The van der Waals surface area contributed by atoms with Crippen molar-refractivity contribution in [2.45, 2.75) is 31.3 Å². The number of nitrogens with zero attached hydrogens (tertiary/aromatic N) is 4. The molecule has 1 aliphatic carbocycles. The number of nitrogens with two attached hydrogens (primary N) is 1. The van der Waals surface area contributed by atoms with Crippen molar-refractivity contribution in [1.29, 1.82) is 0 Å². The predicted molar refractivity (Wildman–Crippen MR) is 136 cm³/mol. The summed E-state index contributed by atoms with van der Waals surface area (Å²) in [4.78, 5) is 21.8. The molecule has 1 saturated heterocycles. The summed E-state index contributed by atoms with van der Waals surface area (Å²) in [6.45, 7) is 1.59. The number of nitrogens with one attached hydrogen (secondary N) is 2. The minimum Gasteiger partial charge on any atom is -0.486 e. The van der Waals surface area contributed by atoms with E-state index in [4.69, 9.17) is 20.4 Å².